The Morgan fingerprint density at radius 2 is 2.00 bits per heavy atom. The van der Waals surface area contributed by atoms with Crippen molar-refractivity contribution < 1.29 is 9.21 Å². The number of carbonyl (C=O) groups excluding carboxylic acids is 1. The van der Waals surface area contributed by atoms with Crippen molar-refractivity contribution in [1.29, 1.82) is 0 Å². The van der Waals surface area contributed by atoms with Crippen molar-refractivity contribution >= 4 is 33.7 Å². The van der Waals surface area contributed by atoms with Gasteiger partial charge in [-0.05, 0) is 53.8 Å². The minimum absolute atomic E-state index is 0.0807. The number of rotatable bonds is 4. The number of aromatic nitrogens is 1. The maximum absolute atomic E-state index is 12.7. The molecule has 0 saturated heterocycles. The predicted molar refractivity (Wildman–Crippen MR) is 108 cm³/mol. The fraction of sp³-hybridized carbons (Fsp3) is 0.182. The molecule has 1 aliphatic carbocycles. The summed E-state index contributed by atoms with van der Waals surface area (Å²) in [5.74, 6) is 1.19. The molecule has 0 unspecified atom stereocenters. The molecule has 27 heavy (non-hydrogen) atoms. The van der Waals surface area contributed by atoms with E-state index < -0.39 is 0 Å². The topological polar surface area (TPSA) is 55.1 Å². The van der Waals surface area contributed by atoms with Crippen molar-refractivity contribution in [2.24, 2.45) is 0 Å². The van der Waals surface area contributed by atoms with Crippen LogP contribution in [0.4, 0.5) is 5.69 Å². The monoisotopic (exact) mass is 374 g/mol. The van der Waals surface area contributed by atoms with Crippen molar-refractivity contribution in [3.63, 3.8) is 0 Å². The van der Waals surface area contributed by atoms with Crippen molar-refractivity contribution in [3.05, 3.63) is 70.4 Å². The predicted octanol–water partition coefficient (Wildman–Crippen LogP) is 5.14. The Labute approximate surface area is 160 Å². The first-order chi connectivity index (χ1) is 13.2. The number of hydrogen-bond acceptors (Lipinski definition) is 4. The zero-order chi connectivity index (χ0) is 18.4. The fourth-order valence-electron chi connectivity index (χ4n) is 3.80. The van der Waals surface area contributed by atoms with Crippen LogP contribution in [0.15, 0.2) is 52.3 Å². The second kappa shape index (κ2) is 6.35. The fourth-order valence-corrected chi connectivity index (χ4v) is 4.45. The third-order valence-corrected chi connectivity index (χ3v) is 5.96. The Morgan fingerprint density at radius 3 is 2.81 bits per heavy atom. The third kappa shape index (κ3) is 2.84. The van der Waals surface area contributed by atoms with Crippen molar-refractivity contribution in [2.75, 3.05) is 5.32 Å². The van der Waals surface area contributed by atoms with Crippen LogP contribution in [0.25, 0.3) is 21.5 Å². The molecule has 2 aromatic heterocycles. The van der Waals surface area contributed by atoms with Gasteiger partial charge in [0.15, 0.2) is 0 Å². The Kier molecular flexibility index (Phi) is 3.83. The van der Waals surface area contributed by atoms with Crippen molar-refractivity contribution in [3.8, 4) is 10.8 Å². The van der Waals surface area contributed by atoms with E-state index >= 15 is 0 Å². The third-order valence-electron chi connectivity index (χ3n) is 5.10. The molecule has 5 rings (SSSR count). The van der Waals surface area contributed by atoms with Crippen LogP contribution in [0.3, 0.4) is 0 Å². The minimum Gasteiger partial charge on any atom is -0.440 e. The molecule has 0 radical (unpaired) electrons. The molecule has 5 heteroatoms. The Bertz CT molecular complexity index is 1150. The number of carbonyl (C=O) groups is 1. The summed E-state index contributed by atoms with van der Waals surface area (Å²) in [6.07, 6.45) is 2.35. The van der Waals surface area contributed by atoms with E-state index in [2.05, 4.69) is 34.6 Å². The molecule has 1 N–H and O–H groups in total. The SMILES string of the molecule is Cc1oc(-c2cccs2)nc1CC(=O)Nc1ccc2c3c(cccc13)CC2. The molecular formula is C22H18N2O2S. The molecule has 4 nitrogen and oxygen atoms in total. The summed E-state index contributed by atoms with van der Waals surface area (Å²) >= 11 is 1.57. The van der Waals surface area contributed by atoms with Crippen LogP contribution in [0.5, 0.6) is 0 Å². The molecule has 0 bridgehead atoms. The van der Waals surface area contributed by atoms with Crippen LogP contribution in [-0.4, -0.2) is 10.9 Å². The van der Waals surface area contributed by atoms with Gasteiger partial charge >= 0.3 is 0 Å². The summed E-state index contributed by atoms with van der Waals surface area (Å²) in [5.41, 5.74) is 4.28. The highest BCUT2D eigenvalue weighted by atomic mass is 32.1. The number of benzene rings is 2. The normalized spacial score (nSPS) is 12.6. The van der Waals surface area contributed by atoms with E-state index in [1.54, 1.807) is 11.3 Å². The first-order valence-electron chi connectivity index (χ1n) is 9.02. The Morgan fingerprint density at radius 1 is 1.15 bits per heavy atom. The molecule has 0 fully saturated rings. The highest BCUT2D eigenvalue weighted by Crippen LogP contribution is 2.35. The maximum atomic E-state index is 12.7. The van der Waals surface area contributed by atoms with Gasteiger partial charge in [0.1, 0.15) is 5.76 Å². The summed E-state index contributed by atoms with van der Waals surface area (Å²) in [6.45, 7) is 1.85. The molecular weight excluding hydrogens is 356 g/mol. The summed E-state index contributed by atoms with van der Waals surface area (Å²) in [7, 11) is 0. The van der Waals surface area contributed by atoms with Crippen LogP contribution in [0.1, 0.15) is 22.6 Å². The van der Waals surface area contributed by atoms with Gasteiger partial charge in [-0.25, -0.2) is 4.98 Å². The van der Waals surface area contributed by atoms with Gasteiger partial charge < -0.3 is 9.73 Å². The molecule has 1 aliphatic rings. The molecule has 0 atom stereocenters. The van der Waals surface area contributed by atoms with Crippen LogP contribution in [-0.2, 0) is 24.1 Å². The molecule has 0 saturated carbocycles. The molecule has 2 heterocycles. The van der Waals surface area contributed by atoms with Gasteiger partial charge in [-0.15, -0.1) is 11.3 Å². The van der Waals surface area contributed by atoms with E-state index in [1.165, 1.54) is 16.5 Å². The number of amides is 1. The van der Waals surface area contributed by atoms with Gasteiger partial charge in [0.25, 0.3) is 0 Å². The summed E-state index contributed by atoms with van der Waals surface area (Å²) in [4.78, 5) is 18.2. The first-order valence-corrected chi connectivity index (χ1v) is 9.90. The largest absolute Gasteiger partial charge is 0.440 e. The van der Waals surface area contributed by atoms with Crippen LogP contribution in [0, 0.1) is 6.92 Å². The second-order valence-corrected chi connectivity index (χ2v) is 7.78. The van der Waals surface area contributed by atoms with Gasteiger partial charge in [0.05, 0.1) is 17.0 Å². The van der Waals surface area contributed by atoms with Crippen LogP contribution >= 0.6 is 11.3 Å². The van der Waals surface area contributed by atoms with Crippen LogP contribution < -0.4 is 5.32 Å². The Hall–Kier alpha value is -2.92. The average molecular weight is 374 g/mol. The maximum Gasteiger partial charge on any atom is 0.236 e. The van der Waals surface area contributed by atoms with E-state index in [4.69, 9.17) is 4.42 Å². The average Bonchev–Trinajstić information content (AvgIpc) is 3.39. The van der Waals surface area contributed by atoms with Gasteiger partial charge in [0, 0.05) is 11.1 Å². The standard InChI is InChI=1S/C22H18N2O2S/c1-13-18(24-22(26-13)19-6-3-11-27-19)12-20(25)23-17-10-9-15-8-7-14-4-2-5-16(17)21(14)15/h2-6,9-11H,7-8,12H2,1H3,(H,23,25). The lowest BCUT2D eigenvalue weighted by Crippen LogP contribution is -2.15. The molecule has 134 valence electrons. The molecule has 4 aromatic rings. The highest BCUT2D eigenvalue weighted by molar-refractivity contribution is 7.13. The van der Waals surface area contributed by atoms with Crippen molar-refractivity contribution in [2.45, 2.75) is 26.2 Å². The summed E-state index contributed by atoms with van der Waals surface area (Å²) < 4.78 is 5.74. The smallest absolute Gasteiger partial charge is 0.236 e. The molecule has 0 spiro atoms. The number of aryl methyl sites for hydroxylation is 3. The first kappa shape index (κ1) is 16.3. The summed E-state index contributed by atoms with van der Waals surface area (Å²) in [5, 5.41) is 7.47. The molecule has 1 amide bonds. The quantitative estimate of drug-likeness (QED) is 0.538. The van der Waals surface area contributed by atoms with Crippen molar-refractivity contribution in [1.82, 2.24) is 4.98 Å². The lowest BCUT2D eigenvalue weighted by atomic mass is 10.0. The lowest BCUT2D eigenvalue weighted by Gasteiger charge is -2.10. The second-order valence-electron chi connectivity index (χ2n) is 6.84. The van der Waals surface area contributed by atoms with E-state index in [0.717, 1.165) is 28.8 Å². The number of oxazole rings is 1. The number of nitrogens with one attached hydrogen (secondary N) is 1. The number of thiophene rings is 1. The zero-order valence-corrected chi connectivity index (χ0v) is 15.7. The van der Waals surface area contributed by atoms with E-state index in [9.17, 15) is 4.79 Å². The van der Waals surface area contributed by atoms with Crippen LogP contribution in [0.2, 0.25) is 0 Å². The molecule has 0 aliphatic heterocycles. The van der Waals surface area contributed by atoms with E-state index in [0.29, 0.717) is 17.3 Å². The van der Waals surface area contributed by atoms with E-state index in [-0.39, 0.29) is 12.3 Å². The number of nitrogens with zero attached hydrogens (tertiary/aromatic N) is 1. The van der Waals surface area contributed by atoms with Gasteiger partial charge in [0.2, 0.25) is 11.8 Å². The van der Waals surface area contributed by atoms with Gasteiger partial charge in [-0.2, -0.15) is 0 Å². The van der Waals surface area contributed by atoms with Gasteiger partial charge in [-0.1, -0.05) is 30.3 Å². The Balaban J connectivity index is 1.40. The minimum atomic E-state index is -0.0807. The zero-order valence-electron chi connectivity index (χ0n) is 14.9. The molecule has 2 aromatic carbocycles. The highest BCUT2D eigenvalue weighted by Gasteiger charge is 2.18. The lowest BCUT2D eigenvalue weighted by molar-refractivity contribution is -0.115. The van der Waals surface area contributed by atoms with E-state index in [1.807, 2.05) is 30.5 Å². The number of hydrogen-bond donors (Lipinski definition) is 1. The number of anilines is 1. The summed E-state index contributed by atoms with van der Waals surface area (Å²) in [6, 6.07) is 14.4. The van der Waals surface area contributed by atoms with Gasteiger partial charge in [-0.3, -0.25) is 4.79 Å².